The van der Waals surface area contributed by atoms with Crippen molar-refractivity contribution in [3.05, 3.63) is 46.2 Å². The van der Waals surface area contributed by atoms with Crippen LogP contribution in [0.1, 0.15) is 12.0 Å². The molecule has 0 bridgehead atoms. The van der Waals surface area contributed by atoms with E-state index in [0.29, 0.717) is 23.0 Å². The summed E-state index contributed by atoms with van der Waals surface area (Å²) in [6, 6.07) is 5.39. The first-order valence-electron chi connectivity index (χ1n) is 5.78. The number of nitrogens with zero attached hydrogens (tertiary/aromatic N) is 2. The normalized spacial score (nSPS) is 10.5. The first-order valence-corrected chi connectivity index (χ1v) is 6.54. The Balaban J connectivity index is 1.92. The summed E-state index contributed by atoms with van der Waals surface area (Å²) in [6.07, 6.45) is 3.55. The van der Waals surface area contributed by atoms with E-state index >= 15 is 0 Å². The van der Waals surface area contributed by atoms with Crippen molar-refractivity contribution in [2.75, 3.05) is 5.32 Å². The third kappa shape index (κ3) is 3.98. The molecule has 6 heteroatoms. The van der Waals surface area contributed by atoms with Crippen LogP contribution in [0.2, 0.25) is 10.0 Å². The van der Waals surface area contributed by atoms with Gasteiger partial charge in [0.2, 0.25) is 5.91 Å². The lowest BCUT2D eigenvalue weighted by Crippen LogP contribution is -2.15. The van der Waals surface area contributed by atoms with Gasteiger partial charge in [-0.15, -0.1) is 0 Å². The summed E-state index contributed by atoms with van der Waals surface area (Å²) in [5.41, 5.74) is 1.70. The van der Waals surface area contributed by atoms with Crippen molar-refractivity contribution in [2.45, 2.75) is 19.9 Å². The third-order valence-corrected chi connectivity index (χ3v) is 3.07. The van der Waals surface area contributed by atoms with Gasteiger partial charge in [-0.05, 0) is 24.6 Å². The summed E-state index contributed by atoms with van der Waals surface area (Å²) in [7, 11) is 0. The number of halogens is 2. The molecule has 0 fully saturated rings. The minimum absolute atomic E-state index is 0.0861. The fourth-order valence-corrected chi connectivity index (χ4v) is 1.95. The van der Waals surface area contributed by atoms with E-state index < -0.39 is 0 Å². The number of anilines is 1. The minimum Gasteiger partial charge on any atom is -0.326 e. The molecule has 0 unspecified atom stereocenters. The monoisotopic (exact) mass is 297 g/mol. The van der Waals surface area contributed by atoms with Gasteiger partial charge in [-0.1, -0.05) is 29.3 Å². The molecule has 1 aromatic carbocycles. The lowest BCUT2D eigenvalue weighted by atomic mass is 10.2. The van der Waals surface area contributed by atoms with Crippen LogP contribution in [0.3, 0.4) is 0 Å². The fraction of sp³-hybridized carbons (Fsp3) is 0.231. The Bertz CT molecular complexity index is 595. The van der Waals surface area contributed by atoms with Crippen molar-refractivity contribution in [3.63, 3.8) is 0 Å². The number of carbonyl (C=O) groups excluding carboxylic acids is 1. The zero-order valence-electron chi connectivity index (χ0n) is 10.4. The van der Waals surface area contributed by atoms with E-state index in [4.69, 9.17) is 23.2 Å². The predicted molar refractivity (Wildman–Crippen MR) is 76.7 cm³/mol. The summed E-state index contributed by atoms with van der Waals surface area (Å²) in [4.78, 5) is 11.8. The quantitative estimate of drug-likeness (QED) is 0.938. The van der Waals surface area contributed by atoms with Crippen LogP contribution in [0.15, 0.2) is 30.6 Å². The van der Waals surface area contributed by atoms with Gasteiger partial charge in [-0.2, -0.15) is 5.10 Å². The Morgan fingerprint density at radius 2 is 2.16 bits per heavy atom. The van der Waals surface area contributed by atoms with Gasteiger partial charge < -0.3 is 5.32 Å². The molecule has 1 aromatic heterocycles. The standard InChI is InChI=1S/C13H13Cl2N3O/c1-9-2-3-10(14)6-12(9)17-13(19)4-5-18-8-11(15)7-16-18/h2-3,6-8H,4-5H2,1H3,(H,17,19). The number of aryl methyl sites for hydroxylation is 2. The Morgan fingerprint density at radius 1 is 1.37 bits per heavy atom. The van der Waals surface area contributed by atoms with Crippen LogP contribution in [-0.4, -0.2) is 15.7 Å². The van der Waals surface area contributed by atoms with E-state index in [2.05, 4.69) is 10.4 Å². The second-order valence-corrected chi connectivity index (χ2v) is 5.05. The predicted octanol–water partition coefficient (Wildman–Crippen LogP) is 3.53. The first kappa shape index (κ1) is 13.9. The van der Waals surface area contributed by atoms with Crippen LogP contribution in [0.4, 0.5) is 5.69 Å². The molecule has 19 heavy (non-hydrogen) atoms. The molecular formula is C13H13Cl2N3O. The summed E-state index contributed by atoms with van der Waals surface area (Å²) < 4.78 is 1.63. The number of carbonyl (C=O) groups is 1. The molecule has 0 atom stereocenters. The fourth-order valence-electron chi connectivity index (χ4n) is 1.62. The maximum Gasteiger partial charge on any atom is 0.226 e. The minimum atomic E-state index is -0.0861. The first-order chi connectivity index (χ1) is 9.04. The molecule has 1 heterocycles. The number of hydrogen-bond acceptors (Lipinski definition) is 2. The van der Waals surface area contributed by atoms with Gasteiger partial charge in [0.15, 0.2) is 0 Å². The molecule has 0 aliphatic rings. The van der Waals surface area contributed by atoms with Gasteiger partial charge in [-0.25, -0.2) is 0 Å². The SMILES string of the molecule is Cc1ccc(Cl)cc1NC(=O)CCn1cc(Cl)cn1. The van der Waals surface area contributed by atoms with E-state index in [1.807, 2.05) is 13.0 Å². The lowest BCUT2D eigenvalue weighted by molar-refractivity contribution is -0.116. The van der Waals surface area contributed by atoms with Crippen LogP contribution in [0, 0.1) is 6.92 Å². The molecule has 0 saturated heterocycles. The highest BCUT2D eigenvalue weighted by molar-refractivity contribution is 6.31. The number of amides is 1. The van der Waals surface area contributed by atoms with E-state index in [1.165, 1.54) is 0 Å². The smallest absolute Gasteiger partial charge is 0.226 e. The maximum absolute atomic E-state index is 11.8. The Hall–Kier alpha value is -1.52. The molecule has 0 radical (unpaired) electrons. The molecule has 1 N–H and O–H groups in total. The molecule has 2 rings (SSSR count). The van der Waals surface area contributed by atoms with Crippen LogP contribution in [0.25, 0.3) is 0 Å². The summed E-state index contributed by atoms with van der Waals surface area (Å²) in [6.45, 7) is 2.40. The van der Waals surface area contributed by atoms with Gasteiger partial charge in [0, 0.05) is 29.9 Å². The average molecular weight is 298 g/mol. The molecule has 1 amide bonds. The van der Waals surface area contributed by atoms with Crippen LogP contribution in [-0.2, 0) is 11.3 Å². The highest BCUT2D eigenvalue weighted by Crippen LogP contribution is 2.20. The van der Waals surface area contributed by atoms with Gasteiger partial charge >= 0.3 is 0 Å². The zero-order chi connectivity index (χ0) is 13.8. The molecule has 0 aliphatic carbocycles. The molecule has 0 saturated carbocycles. The number of benzene rings is 1. The molecule has 0 spiro atoms. The van der Waals surface area contributed by atoms with Crippen LogP contribution < -0.4 is 5.32 Å². The Labute approximate surface area is 121 Å². The molecule has 2 aromatic rings. The molecule has 4 nitrogen and oxygen atoms in total. The molecule has 100 valence electrons. The van der Waals surface area contributed by atoms with Crippen molar-refractivity contribution < 1.29 is 4.79 Å². The van der Waals surface area contributed by atoms with E-state index in [-0.39, 0.29) is 5.91 Å². The zero-order valence-corrected chi connectivity index (χ0v) is 11.9. The summed E-state index contributed by atoms with van der Waals surface area (Å²) in [5, 5.41) is 8.00. The van der Waals surface area contributed by atoms with Crippen molar-refractivity contribution in [2.24, 2.45) is 0 Å². The van der Waals surface area contributed by atoms with E-state index in [9.17, 15) is 4.79 Å². The second-order valence-electron chi connectivity index (χ2n) is 4.18. The summed E-state index contributed by atoms with van der Waals surface area (Å²) in [5.74, 6) is -0.0861. The molecule has 0 aliphatic heterocycles. The van der Waals surface area contributed by atoms with Crippen molar-refractivity contribution in [1.82, 2.24) is 9.78 Å². The Kier molecular flexibility index (Phi) is 4.45. The van der Waals surface area contributed by atoms with Crippen molar-refractivity contribution >= 4 is 34.8 Å². The largest absolute Gasteiger partial charge is 0.326 e. The van der Waals surface area contributed by atoms with Gasteiger partial charge in [-0.3, -0.25) is 9.48 Å². The Morgan fingerprint density at radius 3 is 2.84 bits per heavy atom. The number of rotatable bonds is 4. The van der Waals surface area contributed by atoms with Crippen molar-refractivity contribution in [1.29, 1.82) is 0 Å². The lowest BCUT2D eigenvalue weighted by Gasteiger charge is -2.08. The highest BCUT2D eigenvalue weighted by atomic mass is 35.5. The van der Waals surface area contributed by atoms with Gasteiger partial charge in [0.05, 0.1) is 11.2 Å². The second kappa shape index (κ2) is 6.08. The van der Waals surface area contributed by atoms with E-state index in [0.717, 1.165) is 11.3 Å². The van der Waals surface area contributed by atoms with Gasteiger partial charge in [0.1, 0.15) is 0 Å². The number of hydrogen-bond donors (Lipinski definition) is 1. The third-order valence-electron chi connectivity index (χ3n) is 2.64. The van der Waals surface area contributed by atoms with Crippen LogP contribution >= 0.6 is 23.2 Å². The van der Waals surface area contributed by atoms with Crippen molar-refractivity contribution in [3.8, 4) is 0 Å². The average Bonchev–Trinajstić information content (AvgIpc) is 2.77. The number of nitrogens with one attached hydrogen (secondary N) is 1. The van der Waals surface area contributed by atoms with E-state index in [1.54, 1.807) is 29.2 Å². The topological polar surface area (TPSA) is 46.9 Å². The van der Waals surface area contributed by atoms with Gasteiger partial charge in [0.25, 0.3) is 0 Å². The maximum atomic E-state index is 11.8. The number of aromatic nitrogens is 2. The van der Waals surface area contributed by atoms with Crippen LogP contribution in [0.5, 0.6) is 0 Å². The summed E-state index contributed by atoms with van der Waals surface area (Å²) >= 11 is 11.6. The highest BCUT2D eigenvalue weighted by Gasteiger charge is 2.06. The molecular weight excluding hydrogens is 285 g/mol.